The molecule has 0 fully saturated rings. The average Bonchev–Trinajstić information content (AvgIpc) is 3.08. The second kappa shape index (κ2) is 5.68. The van der Waals surface area contributed by atoms with E-state index in [1.54, 1.807) is 12.4 Å². The number of para-hydroxylation sites is 2. The number of benzene rings is 2. The molecule has 3 unspecified atom stereocenters. The lowest BCUT2D eigenvalue weighted by Crippen LogP contribution is -2.54. The molecular weight excluding hydrogens is 332 g/mol. The summed E-state index contributed by atoms with van der Waals surface area (Å²) in [6.07, 6.45) is 5.73. The second-order valence-electron chi connectivity index (χ2n) is 7.49. The van der Waals surface area contributed by atoms with Crippen LogP contribution in [-0.4, -0.2) is 16.1 Å². The normalized spacial score (nSPS) is 25.6. The number of nitrogens with zero attached hydrogens (tertiary/aromatic N) is 4. The minimum absolute atomic E-state index is 0.0858. The number of rotatable bonds is 2. The van der Waals surface area contributed by atoms with Gasteiger partial charge in [-0.2, -0.15) is 0 Å². The van der Waals surface area contributed by atoms with Crippen molar-refractivity contribution >= 4 is 23.0 Å². The van der Waals surface area contributed by atoms with Crippen molar-refractivity contribution in [2.45, 2.75) is 25.4 Å². The molecule has 1 aromatic heterocycles. The summed E-state index contributed by atoms with van der Waals surface area (Å²) in [6.45, 7) is 8.79. The highest BCUT2D eigenvalue weighted by Crippen LogP contribution is 2.56. The van der Waals surface area contributed by atoms with Crippen LogP contribution < -0.4 is 9.80 Å². The average molecular weight is 354 g/mol. The molecule has 0 aliphatic carbocycles. The molecule has 4 nitrogen and oxygen atoms in total. The van der Waals surface area contributed by atoms with Crippen molar-refractivity contribution in [3.05, 3.63) is 85.2 Å². The fourth-order valence-electron chi connectivity index (χ4n) is 4.59. The quantitative estimate of drug-likeness (QED) is 0.593. The Kier molecular flexibility index (Phi) is 3.38. The van der Waals surface area contributed by atoms with Crippen LogP contribution in [0.25, 0.3) is 0 Å². The van der Waals surface area contributed by atoms with Crippen LogP contribution in [-0.2, 0) is 5.41 Å². The van der Waals surface area contributed by atoms with Crippen molar-refractivity contribution in [2.24, 2.45) is 5.92 Å². The Hall–Kier alpha value is -3.14. The maximum absolute atomic E-state index is 4.72. The van der Waals surface area contributed by atoms with Gasteiger partial charge in [0, 0.05) is 35.1 Å². The molecule has 5 rings (SSSR count). The van der Waals surface area contributed by atoms with Gasteiger partial charge in [0.1, 0.15) is 6.17 Å². The van der Waals surface area contributed by atoms with Gasteiger partial charge in [-0.05, 0) is 23.8 Å². The van der Waals surface area contributed by atoms with Gasteiger partial charge in [0.15, 0.2) is 11.6 Å². The standard InChI is InChI=1S/C23H22N4/c1-4-23(3)16(2)22-26(17-10-6-5-7-11-17)20-21(25-15-14-24-20)27(22)19-13-9-8-12-18(19)23/h4-16,22H,1H2,2-3H3. The zero-order valence-corrected chi connectivity index (χ0v) is 15.6. The lowest BCUT2D eigenvalue weighted by Gasteiger charge is -2.49. The third kappa shape index (κ3) is 2.04. The Balaban J connectivity index is 1.81. The first-order chi connectivity index (χ1) is 13.2. The molecule has 0 saturated heterocycles. The van der Waals surface area contributed by atoms with Gasteiger partial charge in [-0.15, -0.1) is 6.58 Å². The van der Waals surface area contributed by atoms with Gasteiger partial charge in [0.05, 0.1) is 0 Å². The predicted octanol–water partition coefficient (Wildman–Crippen LogP) is 5.19. The molecule has 2 aromatic carbocycles. The maximum Gasteiger partial charge on any atom is 0.178 e. The van der Waals surface area contributed by atoms with Crippen molar-refractivity contribution < 1.29 is 0 Å². The van der Waals surface area contributed by atoms with Crippen molar-refractivity contribution in [1.29, 1.82) is 0 Å². The van der Waals surface area contributed by atoms with Crippen molar-refractivity contribution in [2.75, 3.05) is 9.80 Å². The summed E-state index contributed by atoms with van der Waals surface area (Å²) < 4.78 is 0. The van der Waals surface area contributed by atoms with E-state index in [-0.39, 0.29) is 17.5 Å². The topological polar surface area (TPSA) is 32.3 Å². The van der Waals surface area contributed by atoms with Crippen LogP contribution in [0.5, 0.6) is 0 Å². The number of fused-ring (bicyclic) bond motifs is 5. The van der Waals surface area contributed by atoms with Gasteiger partial charge in [0.2, 0.25) is 0 Å². The summed E-state index contributed by atoms with van der Waals surface area (Å²) in [6, 6.07) is 19.1. The van der Waals surface area contributed by atoms with Gasteiger partial charge in [-0.25, -0.2) is 9.97 Å². The molecule has 3 heterocycles. The van der Waals surface area contributed by atoms with E-state index in [0.717, 1.165) is 17.3 Å². The Bertz CT molecular complexity index is 1020. The number of hydrogen-bond donors (Lipinski definition) is 0. The highest BCUT2D eigenvalue weighted by Gasteiger charge is 2.52. The largest absolute Gasteiger partial charge is 0.302 e. The molecule has 134 valence electrons. The molecule has 4 heteroatoms. The fraction of sp³-hybridized carbons (Fsp3) is 0.217. The van der Waals surface area contributed by atoms with E-state index in [2.05, 4.69) is 84.8 Å². The maximum atomic E-state index is 4.72. The molecule has 0 N–H and O–H groups in total. The van der Waals surface area contributed by atoms with Crippen LogP contribution >= 0.6 is 0 Å². The van der Waals surface area contributed by atoms with E-state index in [9.17, 15) is 0 Å². The van der Waals surface area contributed by atoms with Crippen LogP contribution in [0.2, 0.25) is 0 Å². The minimum atomic E-state index is -0.146. The van der Waals surface area contributed by atoms with E-state index in [0.29, 0.717) is 0 Å². The summed E-state index contributed by atoms with van der Waals surface area (Å²) in [4.78, 5) is 14.1. The molecule has 2 aliphatic heterocycles. The van der Waals surface area contributed by atoms with E-state index < -0.39 is 0 Å². The third-order valence-corrected chi connectivity index (χ3v) is 6.24. The highest BCUT2D eigenvalue weighted by molar-refractivity contribution is 5.86. The fourth-order valence-corrected chi connectivity index (χ4v) is 4.59. The molecule has 2 aliphatic rings. The molecule has 27 heavy (non-hydrogen) atoms. The zero-order chi connectivity index (χ0) is 18.6. The number of anilines is 4. The first-order valence-electron chi connectivity index (χ1n) is 9.34. The SMILES string of the molecule is C=CC1(C)c2ccccc2N2c3nccnc3N(c3ccccc3)C2C1C. The zero-order valence-electron chi connectivity index (χ0n) is 15.6. The van der Waals surface area contributed by atoms with E-state index in [4.69, 9.17) is 9.97 Å². The Morgan fingerprint density at radius 1 is 0.926 bits per heavy atom. The van der Waals surface area contributed by atoms with Gasteiger partial charge in [-0.3, -0.25) is 0 Å². The Morgan fingerprint density at radius 3 is 2.26 bits per heavy atom. The third-order valence-electron chi connectivity index (χ3n) is 6.24. The van der Waals surface area contributed by atoms with Crippen LogP contribution in [0, 0.1) is 5.92 Å². The summed E-state index contributed by atoms with van der Waals surface area (Å²) >= 11 is 0. The van der Waals surface area contributed by atoms with Crippen LogP contribution in [0.4, 0.5) is 23.0 Å². The van der Waals surface area contributed by atoms with E-state index >= 15 is 0 Å². The van der Waals surface area contributed by atoms with Crippen molar-refractivity contribution in [3.8, 4) is 0 Å². The van der Waals surface area contributed by atoms with Gasteiger partial charge in [0.25, 0.3) is 0 Å². The smallest absolute Gasteiger partial charge is 0.178 e. The molecular formula is C23H22N4. The molecule has 0 amide bonds. The summed E-state index contributed by atoms with van der Waals surface area (Å²) in [5.74, 6) is 2.10. The van der Waals surface area contributed by atoms with Gasteiger partial charge >= 0.3 is 0 Å². The molecule has 0 saturated carbocycles. The molecule has 0 radical (unpaired) electrons. The summed E-state index contributed by atoms with van der Waals surface area (Å²) in [5, 5.41) is 0. The molecule has 0 spiro atoms. The second-order valence-corrected chi connectivity index (χ2v) is 7.49. The highest BCUT2D eigenvalue weighted by atomic mass is 15.5. The summed E-state index contributed by atoms with van der Waals surface area (Å²) in [7, 11) is 0. The van der Waals surface area contributed by atoms with E-state index in [1.807, 2.05) is 6.07 Å². The summed E-state index contributed by atoms with van der Waals surface area (Å²) in [5.41, 5.74) is 3.45. The Morgan fingerprint density at radius 2 is 1.56 bits per heavy atom. The lowest BCUT2D eigenvalue weighted by atomic mass is 9.68. The first kappa shape index (κ1) is 16.1. The predicted molar refractivity (Wildman–Crippen MR) is 110 cm³/mol. The Labute approximate surface area is 159 Å². The molecule has 3 atom stereocenters. The van der Waals surface area contributed by atoms with Gasteiger partial charge < -0.3 is 9.80 Å². The van der Waals surface area contributed by atoms with E-state index in [1.165, 1.54) is 11.3 Å². The minimum Gasteiger partial charge on any atom is -0.302 e. The van der Waals surface area contributed by atoms with Crippen molar-refractivity contribution in [3.63, 3.8) is 0 Å². The van der Waals surface area contributed by atoms with Crippen LogP contribution in [0.3, 0.4) is 0 Å². The van der Waals surface area contributed by atoms with Crippen LogP contribution in [0.1, 0.15) is 19.4 Å². The lowest BCUT2D eigenvalue weighted by molar-refractivity contribution is 0.312. The monoisotopic (exact) mass is 354 g/mol. The number of hydrogen-bond acceptors (Lipinski definition) is 4. The van der Waals surface area contributed by atoms with Crippen LogP contribution in [0.15, 0.2) is 79.6 Å². The number of allylic oxidation sites excluding steroid dienone is 1. The number of aromatic nitrogens is 2. The van der Waals surface area contributed by atoms with Gasteiger partial charge in [-0.1, -0.05) is 56.3 Å². The first-order valence-corrected chi connectivity index (χ1v) is 9.34. The van der Waals surface area contributed by atoms with Crippen molar-refractivity contribution in [1.82, 2.24) is 9.97 Å². The molecule has 0 bridgehead atoms. The molecule has 3 aromatic rings.